The maximum atomic E-state index is 13.1. The van der Waals surface area contributed by atoms with E-state index in [9.17, 15) is 14.0 Å². The number of ether oxygens (including phenoxy) is 1. The van der Waals surface area contributed by atoms with E-state index in [1.54, 1.807) is 26.3 Å². The Labute approximate surface area is 173 Å². The van der Waals surface area contributed by atoms with Crippen molar-refractivity contribution in [1.29, 1.82) is 0 Å². The molecule has 0 aliphatic carbocycles. The SMILES string of the molecule is COc1ccc(CCNC(=O)NCCn2nc(-c3ccc(F)cc3)n(C)c2=O)cc1. The number of halogens is 1. The first-order valence-corrected chi connectivity index (χ1v) is 9.52. The minimum absolute atomic E-state index is 0.222. The zero-order chi connectivity index (χ0) is 21.5. The molecule has 1 aromatic heterocycles. The van der Waals surface area contributed by atoms with Gasteiger partial charge in [-0.15, -0.1) is 5.10 Å². The number of hydrogen-bond donors (Lipinski definition) is 2. The fraction of sp³-hybridized carbons (Fsp3) is 0.286. The Bertz CT molecular complexity index is 1040. The third kappa shape index (κ3) is 5.25. The predicted molar refractivity (Wildman–Crippen MR) is 111 cm³/mol. The highest BCUT2D eigenvalue weighted by molar-refractivity contribution is 5.73. The Morgan fingerprint density at radius 1 is 1.07 bits per heavy atom. The average Bonchev–Trinajstić information content (AvgIpc) is 3.03. The molecule has 0 atom stereocenters. The zero-order valence-electron chi connectivity index (χ0n) is 16.9. The topological polar surface area (TPSA) is 90.2 Å². The second kappa shape index (κ2) is 9.73. The minimum Gasteiger partial charge on any atom is -0.497 e. The fourth-order valence-electron chi connectivity index (χ4n) is 2.93. The number of carbonyl (C=O) groups is 1. The normalized spacial score (nSPS) is 10.6. The minimum atomic E-state index is -0.356. The highest BCUT2D eigenvalue weighted by Crippen LogP contribution is 2.15. The lowest BCUT2D eigenvalue weighted by atomic mass is 10.1. The van der Waals surface area contributed by atoms with Crippen LogP contribution in [0.4, 0.5) is 9.18 Å². The van der Waals surface area contributed by atoms with Crippen molar-refractivity contribution in [1.82, 2.24) is 25.0 Å². The second-order valence-electron chi connectivity index (χ2n) is 6.68. The molecule has 0 spiro atoms. The number of carbonyl (C=O) groups excluding carboxylic acids is 1. The largest absolute Gasteiger partial charge is 0.497 e. The van der Waals surface area contributed by atoms with Crippen molar-refractivity contribution < 1.29 is 13.9 Å². The van der Waals surface area contributed by atoms with Crippen LogP contribution in [-0.2, 0) is 20.0 Å². The van der Waals surface area contributed by atoms with Gasteiger partial charge in [0, 0.05) is 25.7 Å². The van der Waals surface area contributed by atoms with Crippen molar-refractivity contribution in [2.75, 3.05) is 20.2 Å². The first-order chi connectivity index (χ1) is 14.5. The van der Waals surface area contributed by atoms with Gasteiger partial charge in [0.2, 0.25) is 0 Å². The summed E-state index contributed by atoms with van der Waals surface area (Å²) in [5.74, 6) is 0.867. The van der Waals surface area contributed by atoms with Gasteiger partial charge in [0.1, 0.15) is 11.6 Å². The summed E-state index contributed by atoms with van der Waals surface area (Å²) in [4.78, 5) is 24.3. The van der Waals surface area contributed by atoms with Crippen LogP contribution < -0.4 is 21.1 Å². The number of amides is 2. The molecule has 2 aromatic carbocycles. The molecule has 0 aliphatic heterocycles. The summed E-state index contributed by atoms with van der Waals surface area (Å²) in [5.41, 5.74) is 1.42. The van der Waals surface area contributed by atoms with Gasteiger partial charge in [0.15, 0.2) is 5.82 Å². The number of aromatic nitrogens is 3. The number of urea groups is 1. The monoisotopic (exact) mass is 413 g/mol. The lowest BCUT2D eigenvalue weighted by Gasteiger charge is -2.08. The van der Waals surface area contributed by atoms with Gasteiger partial charge in [0.25, 0.3) is 0 Å². The molecule has 0 aliphatic rings. The summed E-state index contributed by atoms with van der Waals surface area (Å²) in [5, 5.41) is 9.77. The van der Waals surface area contributed by atoms with Crippen molar-refractivity contribution in [3.05, 3.63) is 70.4 Å². The second-order valence-corrected chi connectivity index (χ2v) is 6.68. The average molecular weight is 413 g/mol. The molecule has 2 N–H and O–H groups in total. The van der Waals surface area contributed by atoms with Crippen molar-refractivity contribution in [2.24, 2.45) is 7.05 Å². The molecule has 1 heterocycles. The van der Waals surface area contributed by atoms with E-state index in [1.165, 1.54) is 21.4 Å². The zero-order valence-corrected chi connectivity index (χ0v) is 16.9. The molecule has 0 saturated heterocycles. The molecule has 8 nitrogen and oxygen atoms in total. The molecule has 9 heteroatoms. The molecule has 30 heavy (non-hydrogen) atoms. The highest BCUT2D eigenvalue weighted by atomic mass is 19.1. The van der Waals surface area contributed by atoms with E-state index in [1.807, 2.05) is 24.3 Å². The molecule has 2 amide bonds. The summed E-state index contributed by atoms with van der Waals surface area (Å²) < 4.78 is 20.9. The molecular formula is C21H24FN5O3. The molecule has 0 saturated carbocycles. The summed E-state index contributed by atoms with van der Waals surface area (Å²) >= 11 is 0. The van der Waals surface area contributed by atoms with Crippen molar-refractivity contribution in [2.45, 2.75) is 13.0 Å². The summed E-state index contributed by atoms with van der Waals surface area (Å²) in [7, 11) is 3.22. The predicted octanol–water partition coefficient (Wildman–Crippen LogP) is 1.94. The van der Waals surface area contributed by atoms with Crippen LogP contribution in [0.1, 0.15) is 5.56 Å². The van der Waals surface area contributed by atoms with E-state index in [2.05, 4.69) is 15.7 Å². The Morgan fingerprint density at radius 3 is 2.40 bits per heavy atom. The molecule has 0 unspecified atom stereocenters. The highest BCUT2D eigenvalue weighted by Gasteiger charge is 2.12. The first-order valence-electron chi connectivity index (χ1n) is 9.52. The van der Waals surface area contributed by atoms with E-state index < -0.39 is 0 Å². The Kier molecular flexibility index (Phi) is 6.84. The van der Waals surface area contributed by atoms with Gasteiger partial charge in [0.05, 0.1) is 13.7 Å². The van der Waals surface area contributed by atoms with Crippen molar-refractivity contribution >= 4 is 6.03 Å². The Morgan fingerprint density at radius 2 is 1.73 bits per heavy atom. The number of benzene rings is 2. The molecule has 3 rings (SSSR count). The Hall–Kier alpha value is -3.62. The number of nitrogens with zero attached hydrogens (tertiary/aromatic N) is 3. The lowest BCUT2D eigenvalue weighted by molar-refractivity contribution is 0.240. The number of methoxy groups -OCH3 is 1. The molecule has 0 radical (unpaired) electrons. The van der Waals surface area contributed by atoms with Crippen LogP contribution in [0.3, 0.4) is 0 Å². The van der Waals surface area contributed by atoms with Crippen LogP contribution in [-0.4, -0.2) is 40.6 Å². The van der Waals surface area contributed by atoms with E-state index in [0.29, 0.717) is 24.4 Å². The van der Waals surface area contributed by atoms with Crippen LogP contribution >= 0.6 is 0 Å². The van der Waals surface area contributed by atoms with Gasteiger partial charge >= 0.3 is 11.7 Å². The summed E-state index contributed by atoms with van der Waals surface area (Å²) in [6, 6.07) is 13.1. The fourth-order valence-corrected chi connectivity index (χ4v) is 2.93. The van der Waals surface area contributed by atoms with Gasteiger partial charge in [-0.1, -0.05) is 12.1 Å². The van der Waals surface area contributed by atoms with E-state index in [0.717, 1.165) is 11.3 Å². The molecule has 0 bridgehead atoms. The molecular weight excluding hydrogens is 389 g/mol. The summed E-state index contributed by atoms with van der Waals surface area (Å²) in [6.45, 7) is 0.949. The van der Waals surface area contributed by atoms with E-state index >= 15 is 0 Å². The van der Waals surface area contributed by atoms with Crippen LogP contribution in [0.5, 0.6) is 5.75 Å². The van der Waals surface area contributed by atoms with Gasteiger partial charge in [-0.3, -0.25) is 4.57 Å². The smallest absolute Gasteiger partial charge is 0.345 e. The third-order valence-electron chi connectivity index (χ3n) is 4.61. The van der Waals surface area contributed by atoms with Crippen LogP contribution in [0.15, 0.2) is 53.3 Å². The quantitative estimate of drug-likeness (QED) is 0.591. The molecule has 0 fully saturated rings. The standard InChI is InChI=1S/C21H24FN5O3/c1-26-19(16-5-7-17(22)8-6-16)25-27(21(26)29)14-13-24-20(28)23-12-11-15-3-9-18(30-2)10-4-15/h3-10H,11-14H2,1-2H3,(H2,23,24,28). The van der Waals surface area contributed by atoms with Crippen LogP contribution in [0.2, 0.25) is 0 Å². The van der Waals surface area contributed by atoms with Crippen LogP contribution in [0.25, 0.3) is 11.4 Å². The van der Waals surface area contributed by atoms with Gasteiger partial charge in [-0.2, -0.15) is 0 Å². The van der Waals surface area contributed by atoms with Crippen molar-refractivity contribution in [3.63, 3.8) is 0 Å². The number of nitrogens with one attached hydrogen (secondary N) is 2. The first kappa shape index (κ1) is 21.1. The Balaban J connectivity index is 1.46. The molecule has 3 aromatic rings. The third-order valence-corrected chi connectivity index (χ3v) is 4.61. The lowest BCUT2D eigenvalue weighted by Crippen LogP contribution is -2.39. The van der Waals surface area contributed by atoms with Gasteiger partial charge in [-0.25, -0.2) is 18.7 Å². The summed E-state index contributed by atoms with van der Waals surface area (Å²) in [6.07, 6.45) is 0.693. The van der Waals surface area contributed by atoms with Gasteiger partial charge < -0.3 is 15.4 Å². The maximum Gasteiger partial charge on any atom is 0.345 e. The maximum absolute atomic E-state index is 13.1. The van der Waals surface area contributed by atoms with Crippen molar-refractivity contribution in [3.8, 4) is 17.1 Å². The number of hydrogen-bond acceptors (Lipinski definition) is 4. The molecule has 158 valence electrons. The number of rotatable bonds is 8. The van der Waals surface area contributed by atoms with Gasteiger partial charge in [-0.05, 0) is 48.4 Å². The van der Waals surface area contributed by atoms with Crippen LogP contribution in [0, 0.1) is 5.82 Å². The van der Waals surface area contributed by atoms with E-state index in [-0.39, 0.29) is 30.6 Å². The van der Waals surface area contributed by atoms with E-state index in [4.69, 9.17) is 4.74 Å².